The van der Waals surface area contributed by atoms with Crippen LogP contribution in [0.5, 0.6) is 0 Å². The number of rotatable bonds is 3. The molecular weight excluding hydrogens is 218 g/mol. The third-order valence-electron chi connectivity index (χ3n) is 1.80. The Morgan fingerprint density at radius 3 is 2.40 bits per heavy atom. The van der Waals surface area contributed by atoms with Gasteiger partial charge in [-0.15, -0.1) is 11.8 Å². The molecule has 2 nitrogen and oxygen atoms in total. The summed E-state index contributed by atoms with van der Waals surface area (Å²) in [5.41, 5.74) is 5.31. The molecule has 15 heavy (non-hydrogen) atoms. The fourth-order valence-electron chi connectivity index (χ4n) is 1.04. The van der Waals surface area contributed by atoms with E-state index in [2.05, 4.69) is 0 Å². The van der Waals surface area contributed by atoms with Crippen molar-refractivity contribution in [1.29, 1.82) is 5.26 Å². The van der Waals surface area contributed by atoms with Crippen LogP contribution in [0.15, 0.2) is 17.0 Å². The minimum Gasteiger partial charge on any atom is -0.399 e. The molecule has 1 aromatic rings. The second-order valence-corrected chi connectivity index (χ2v) is 4.17. The van der Waals surface area contributed by atoms with E-state index in [0.717, 1.165) is 23.9 Å². The first-order valence-corrected chi connectivity index (χ1v) is 5.27. The number of nitrogens with zero attached hydrogens (tertiary/aromatic N) is 1. The Labute approximate surface area is 91.1 Å². The molecule has 0 amide bonds. The third-order valence-corrected chi connectivity index (χ3v) is 3.14. The first kappa shape index (κ1) is 11.8. The molecule has 2 N–H and O–H groups in total. The molecule has 0 fully saturated rings. The Balaban J connectivity index is 3.00. The van der Waals surface area contributed by atoms with Crippen LogP contribution in [0.4, 0.5) is 14.5 Å². The van der Waals surface area contributed by atoms with Crippen molar-refractivity contribution in [2.75, 3.05) is 5.73 Å². The molecule has 0 heterocycles. The van der Waals surface area contributed by atoms with Crippen LogP contribution in [0.2, 0.25) is 0 Å². The maximum absolute atomic E-state index is 13.3. The lowest BCUT2D eigenvalue weighted by atomic mass is 10.3. The van der Waals surface area contributed by atoms with E-state index in [1.165, 1.54) is 0 Å². The van der Waals surface area contributed by atoms with E-state index < -0.39 is 16.9 Å². The van der Waals surface area contributed by atoms with E-state index in [1.54, 1.807) is 6.92 Å². The van der Waals surface area contributed by atoms with Crippen molar-refractivity contribution in [1.82, 2.24) is 0 Å². The predicted octanol–water partition coefficient (Wildman–Crippen LogP) is 2.94. The maximum atomic E-state index is 13.3. The fourth-order valence-corrected chi connectivity index (χ4v) is 1.88. The van der Waals surface area contributed by atoms with Crippen molar-refractivity contribution in [3.8, 4) is 6.07 Å². The summed E-state index contributed by atoms with van der Waals surface area (Å²) in [7, 11) is 0. The number of nitrogens with two attached hydrogens (primary N) is 1. The maximum Gasteiger partial charge on any atom is 0.141 e. The Hall–Kier alpha value is -1.28. The highest BCUT2D eigenvalue weighted by molar-refractivity contribution is 8.00. The zero-order valence-corrected chi connectivity index (χ0v) is 8.94. The van der Waals surface area contributed by atoms with Crippen LogP contribution in [0.1, 0.15) is 13.3 Å². The number of nitriles is 1. The third kappa shape index (κ3) is 2.83. The highest BCUT2D eigenvalue weighted by atomic mass is 32.2. The lowest BCUT2D eigenvalue weighted by Crippen LogP contribution is -2.00. The van der Waals surface area contributed by atoms with E-state index >= 15 is 0 Å². The predicted molar refractivity (Wildman–Crippen MR) is 56.3 cm³/mol. The van der Waals surface area contributed by atoms with E-state index in [4.69, 9.17) is 11.0 Å². The topological polar surface area (TPSA) is 49.8 Å². The van der Waals surface area contributed by atoms with Gasteiger partial charge in [0, 0.05) is 5.69 Å². The van der Waals surface area contributed by atoms with Crippen LogP contribution in [0, 0.1) is 23.0 Å². The molecule has 1 atom stereocenters. The number of anilines is 1. The van der Waals surface area contributed by atoms with Crippen LogP contribution < -0.4 is 5.73 Å². The number of hydrogen-bond acceptors (Lipinski definition) is 3. The molecule has 0 aliphatic rings. The van der Waals surface area contributed by atoms with E-state index in [9.17, 15) is 8.78 Å². The smallest absolute Gasteiger partial charge is 0.141 e. The van der Waals surface area contributed by atoms with Crippen molar-refractivity contribution in [3.05, 3.63) is 23.8 Å². The molecule has 0 aromatic heterocycles. The molecule has 1 rings (SSSR count). The average Bonchev–Trinajstić information content (AvgIpc) is 2.17. The highest BCUT2D eigenvalue weighted by Crippen LogP contribution is 2.31. The van der Waals surface area contributed by atoms with E-state index in [-0.39, 0.29) is 10.6 Å². The summed E-state index contributed by atoms with van der Waals surface area (Å²) < 4.78 is 26.6. The second-order valence-electron chi connectivity index (χ2n) is 2.96. The molecule has 0 spiro atoms. The van der Waals surface area contributed by atoms with Gasteiger partial charge >= 0.3 is 0 Å². The van der Waals surface area contributed by atoms with Gasteiger partial charge in [0.25, 0.3) is 0 Å². The number of benzene rings is 1. The molecule has 0 bridgehead atoms. The summed E-state index contributed by atoms with van der Waals surface area (Å²) in [4.78, 5) is -0.141. The van der Waals surface area contributed by atoms with Gasteiger partial charge in [0.2, 0.25) is 0 Å². The lowest BCUT2D eigenvalue weighted by Gasteiger charge is -2.08. The minimum absolute atomic E-state index is 0.0411. The number of thioether (sulfide) groups is 1. The average molecular weight is 228 g/mol. The summed E-state index contributed by atoms with van der Waals surface area (Å²) in [6.45, 7) is 1.79. The quantitative estimate of drug-likeness (QED) is 0.639. The normalized spacial score (nSPS) is 12.1. The molecule has 0 aliphatic heterocycles. The van der Waals surface area contributed by atoms with Gasteiger partial charge in [-0.3, -0.25) is 0 Å². The minimum atomic E-state index is -0.716. The SMILES string of the molecule is CCC(C#N)Sc1c(F)cc(N)cc1F. The van der Waals surface area contributed by atoms with Crippen molar-refractivity contribution in [2.24, 2.45) is 0 Å². The first-order chi connectivity index (χ1) is 7.08. The summed E-state index contributed by atoms with van der Waals surface area (Å²) >= 11 is 0.884. The van der Waals surface area contributed by atoms with Gasteiger partial charge in [-0.2, -0.15) is 5.26 Å². The Morgan fingerprint density at radius 2 is 2.00 bits per heavy atom. The number of hydrogen-bond donors (Lipinski definition) is 1. The van der Waals surface area contributed by atoms with Crippen LogP contribution in [0.25, 0.3) is 0 Å². The molecule has 0 radical (unpaired) electrons. The molecule has 80 valence electrons. The molecule has 0 saturated carbocycles. The van der Waals surface area contributed by atoms with Crippen LogP contribution in [0.3, 0.4) is 0 Å². The van der Waals surface area contributed by atoms with Crippen LogP contribution in [-0.2, 0) is 0 Å². The summed E-state index contributed by atoms with van der Waals surface area (Å²) in [5, 5.41) is 8.24. The van der Waals surface area contributed by atoms with Crippen molar-refractivity contribution < 1.29 is 8.78 Å². The number of halogens is 2. The Bertz CT molecular complexity index is 378. The zero-order valence-electron chi connectivity index (χ0n) is 8.13. The van der Waals surface area contributed by atoms with Gasteiger partial charge in [0.05, 0.1) is 16.2 Å². The van der Waals surface area contributed by atoms with Gasteiger partial charge in [-0.05, 0) is 18.6 Å². The van der Waals surface area contributed by atoms with E-state index in [0.29, 0.717) is 6.42 Å². The number of nitrogen functional groups attached to an aromatic ring is 1. The van der Waals surface area contributed by atoms with Crippen molar-refractivity contribution in [2.45, 2.75) is 23.5 Å². The molecular formula is C10H10F2N2S. The fraction of sp³-hybridized carbons (Fsp3) is 0.300. The van der Waals surface area contributed by atoms with Crippen molar-refractivity contribution in [3.63, 3.8) is 0 Å². The molecule has 0 aliphatic carbocycles. The standard InChI is InChI=1S/C10H10F2N2S/c1-2-7(5-13)15-10-8(11)3-6(14)4-9(10)12/h3-4,7H,2,14H2,1H3. The largest absolute Gasteiger partial charge is 0.399 e. The zero-order chi connectivity index (χ0) is 11.4. The van der Waals surface area contributed by atoms with Crippen LogP contribution >= 0.6 is 11.8 Å². The monoisotopic (exact) mass is 228 g/mol. The lowest BCUT2D eigenvalue weighted by molar-refractivity contribution is 0.541. The Kier molecular flexibility index (Phi) is 3.92. The summed E-state index contributed by atoms with van der Waals surface area (Å²) in [6.07, 6.45) is 0.532. The first-order valence-electron chi connectivity index (χ1n) is 4.39. The summed E-state index contributed by atoms with van der Waals surface area (Å²) in [5.74, 6) is -1.43. The second kappa shape index (κ2) is 4.99. The van der Waals surface area contributed by atoms with Crippen molar-refractivity contribution >= 4 is 17.4 Å². The van der Waals surface area contributed by atoms with Gasteiger partial charge in [-0.1, -0.05) is 6.92 Å². The van der Waals surface area contributed by atoms with Gasteiger partial charge in [-0.25, -0.2) is 8.78 Å². The van der Waals surface area contributed by atoms with Gasteiger partial charge in [0.1, 0.15) is 11.6 Å². The molecule has 5 heteroatoms. The molecule has 0 saturated heterocycles. The van der Waals surface area contributed by atoms with Gasteiger partial charge < -0.3 is 5.73 Å². The molecule has 1 unspecified atom stereocenters. The van der Waals surface area contributed by atoms with Crippen LogP contribution in [-0.4, -0.2) is 5.25 Å². The Morgan fingerprint density at radius 1 is 1.47 bits per heavy atom. The highest BCUT2D eigenvalue weighted by Gasteiger charge is 2.15. The van der Waals surface area contributed by atoms with Gasteiger partial charge in [0.15, 0.2) is 0 Å². The summed E-state index contributed by atoms with van der Waals surface area (Å²) in [6, 6.07) is 4.07. The molecule has 1 aromatic carbocycles. The van der Waals surface area contributed by atoms with E-state index in [1.807, 2.05) is 6.07 Å².